The van der Waals surface area contributed by atoms with Gasteiger partial charge < -0.3 is 10.1 Å². The van der Waals surface area contributed by atoms with Gasteiger partial charge in [0.2, 0.25) is 0 Å². The molecule has 0 spiro atoms. The first kappa shape index (κ1) is 12.9. The topological polar surface area (TPSA) is 45.0 Å². The van der Waals surface area contributed by atoms with Gasteiger partial charge in [0.1, 0.15) is 18.2 Å². The fraction of sp³-hybridized carbons (Fsp3) is 0.133. The first-order chi connectivity index (χ1) is 9.29. The predicted octanol–water partition coefficient (Wildman–Crippen LogP) is 3.19. The van der Waals surface area contributed by atoms with Gasteiger partial charge in [-0.1, -0.05) is 12.1 Å². The van der Waals surface area contributed by atoms with Crippen molar-refractivity contribution in [2.45, 2.75) is 0 Å². The fourth-order valence-electron chi connectivity index (χ4n) is 1.58. The van der Waals surface area contributed by atoms with E-state index >= 15 is 0 Å². The number of ether oxygens (including phenoxy) is 1. The number of rotatable bonds is 5. The van der Waals surface area contributed by atoms with E-state index < -0.39 is 0 Å². The lowest BCUT2D eigenvalue weighted by atomic mass is 10.2. The average Bonchev–Trinajstić information content (AvgIpc) is 2.46. The number of nitrogens with zero attached hydrogens (tertiary/aromatic N) is 1. The van der Waals surface area contributed by atoms with Crippen LogP contribution in [0.2, 0.25) is 0 Å². The molecule has 0 fully saturated rings. The minimum atomic E-state index is -0.277. The van der Waals surface area contributed by atoms with Gasteiger partial charge in [-0.3, -0.25) is 0 Å². The lowest BCUT2D eigenvalue weighted by molar-refractivity contribution is 0.332. The molecule has 2 aromatic carbocycles. The molecule has 0 aliphatic carbocycles. The van der Waals surface area contributed by atoms with Crippen molar-refractivity contribution in [3.8, 4) is 11.8 Å². The van der Waals surface area contributed by atoms with Gasteiger partial charge in [0.25, 0.3) is 0 Å². The van der Waals surface area contributed by atoms with Gasteiger partial charge >= 0.3 is 0 Å². The molecule has 0 unspecified atom stereocenters. The molecule has 96 valence electrons. The highest BCUT2D eigenvalue weighted by molar-refractivity contribution is 5.44. The molecule has 0 amide bonds. The summed E-state index contributed by atoms with van der Waals surface area (Å²) in [4.78, 5) is 0. The van der Waals surface area contributed by atoms with Crippen molar-refractivity contribution in [2.24, 2.45) is 0 Å². The van der Waals surface area contributed by atoms with Crippen molar-refractivity contribution in [2.75, 3.05) is 18.5 Å². The summed E-state index contributed by atoms with van der Waals surface area (Å²) in [5.74, 6) is 0.412. The van der Waals surface area contributed by atoms with Crippen LogP contribution in [0.1, 0.15) is 5.56 Å². The second-order valence-electron chi connectivity index (χ2n) is 3.89. The number of nitrogens with one attached hydrogen (secondary N) is 1. The molecule has 2 aromatic rings. The highest BCUT2D eigenvalue weighted by atomic mass is 19.1. The molecular weight excluding hydrogens is 243 g/mol. The normalized spacial score (nSPS) is 9.68. The van der Waals surface area contributed by atoms with Crippen LogP contribution in [0.15, 0.2) is 48.5 Å². The van der Waals surface area contributed by atoms with E-state index in [1.54, 1.807) is 42.5 Å². The molecule has 0 atom stereocenters. The van der Waals surface area contributed by atoms with Gasteiger partial charge in [-0.15, -0.1) is 0 Å². The maximum Gasteiger partial charge on any atom is 0.146 e. The van der Waals surface area contributed by atoms with Gasteiger partial charge in [-0.25, -0.2) is 4.39 Å². The van der Waals surface area contributed by atoms with Crippen LogP contribution in [0.3, 0.4) is 0 Å². The second kappa shape index (κ2) is 6.41. The van der Waals surface area contributed by atoms with Crippen molar-refractivity contribution >= 4 is 5.69 Å². The van der Waals surface area contributed by atoms with Crippen molar-refractivity contribution < 1.29 is 9.13 Å². The summed E-state index contributed by atoms with van der Waals surface area (Å²) in [6.45, 7) is 0.918. The Hall–Kier alpha value is -2.54. The third-order valence-electron chi connectivity index (χ3n) is 2.54. The SMILES string of the molecule is N#Cc1ccc(OCCNc2ccccc2F)cc1. The molecule has 0 saturated carbocycles. The molecule has 0 aliphatic heterocycles. The Bertz CT molecular complexity index is 575. The van der Waals surface area contributed by atoms with E-state index in [1.807, 2.05) is 6.07 Å². The molecule has 1 N–H and O–H groups in total. The van der Waals surface area contributed by atoms with Crippen LogP contribution in [0, 0.1) is 17.1 Å². The average molecular weight is 256 g/mol. The Kier molecular flexibility index (Phi) is 4.35. The van der Waals surface area contributed by atoms with Gasteiger partial charge in [-0.2, -0.15) is 5.26 Å². The highest BCUT2D eigenvalue weighted by Crippen LogP contribution is 2.13. The van der Waals surface area contributed by atoms with Crippen LogP contribution < -0.4 is 10.1 Å². The Morgan fingerprint density at radius 3 is 2.53 bits per heavy atom. The molecule has 0 saturated heterocycles. The van der Waals surface area contributed by atoms with Gasteiger partial charge in [0, 0.05) is 6.54 Å². The summed E-state index contributed by atoms with van der Waals surface area (Å²) in [5.41, 5.74) is 1.06. The number of halogens is 1. The van der Waals surface area contributed by atoms with Gasteiger partial charge in [0.05, 0.1) is 17.3 Å². The molecule has 2 rings (SSSR count). The van der Waals surface area contributed by atoms with E-state index in [4.69, 9.17) is 10.00 Å². The molecule has 3 nitrogen and oxygen atoms in total. The Morgan fingerprint density at radius 2 is 1.84 bits per heavy atom. The van der Waals surface area contributed by atoms with Crippen molar-refractivity contribution in [1.82, 2.24) is 0 Å². The lowest BCUT2D eigenvalue weighted by Gasteiger charge is -2.09. The minimum Gasteiger partial charge on any atom is -0.492 e. The van der Waals surface area contributed by atoms with Gasteiger partial charge in [0.15, 0.2) is 0 Å². The summed E-state index contributed by atoms with van der Waals surface area (Å²) in [6, 6.07) is 15.4. The van der Waals surface area contributed by atoms with E-state index in [9.17, 15) is 4.39 Å². The number of hydrogen-bond acceptors (Lipinski definition) is 3. The maximum absolute atomic E-state index is 13.3. The third-order valence-corrected chi connectivity index (χ3v) is 2.54. The summed E-state index contributed by atoms with van der Waals surface area (Å²) >= 11 is 0. The molecule has 0 radical (unpaired) electrons. The second-order valence-corrected chi connectivity index (χ2v) is 3.89. The van der Waals surface area contributed by atoms with Crippen molar-refractivity contribution in [3.05, 3.63) is 59.9 Å². The van der Waals surface area contributed by atoms with Crippen LogP contribution >= 0.6 is 0 Å². The summed E-state index contributed by atoms with van der Waals surface area (Å²) in [5, 5.41) is 11.6. The highest BCUT2D eigenvalue weighted by Gasteiger charge is 1.99. The fourth-order valence-corrected chi connectivity index (χ4v) is 1.58. The number of benzene rings is 2. The van der Waals surface area contributed by atoms with E-state index in [0.717, 1.165) is 0 Å². The van der Waals surface area contributed by atoms with Gasteiger partial charge in [-0.05, 0) is 36.4 Å². The third kappa shape index (κ3) is 3.71. The molecule has 0 heterocycles. The smallest absolute Gasteiger partial charge is 0.146 e. The number of para-hydroxylation sites is 1. The van der Waals surface area contributed by atoms with E-state index in [-0.39, 0.29) is 5.82 Å². The standard InChI is InChI=1S/C15H13FN2O/c16-14-3-1-2-4-15(14)18-9-10-19-13-7-5-12(11-17)6-8-13/h1-8,18H,9-10H2. The van der Waals surface area contributed by atoms with Crippen molar-refractivity contribution in [3.63, 3.8) is 0 Å². The van der Waals surface area contributed by atoms with Crippen LogP contribution in [-0.4, -0.2) is 13.2 Å². The van der Waals surface area contributed by atoms with Crippen LogP contribution in [0.25, 0.3) is 0 Å². The maximum atomic E-state index is 13.3. The summed E-state index contributed by atoms with van der Waals surface area (Å²) < 4.78 is 18.8. The van der Waals surface area contributed by atoms with Crippen LogP contribution in [-0.2, 0) is 0 Å². The minimum absolute atomic E-state index is 0.277. The molecular formula is C15H13FN2O. The van der Waals surface area contributed by atoms with Crippen LogP contribution in [0.4, 0.5) is 10.1 Å². The Balaban J connectivity index is 1.78. The Labute approximate surface area is 111 Å². The number of hydrogen-bond donors (Lipinski definition) is 1. The lowest BCUT2D eigenvalue weighted by Crippen LogP contribution is -2.12. The van der Waals surface area contributed by atoms with E-state index in [0.29, 0.717) is 30.2 Å². The molecule has 0 bridgehead atoms. The monoisotopic (exact) mass is 256 g/mol. The zero-order valence-corrected chi connectivity index (χ0v) is 10.3. The van der Waals surface area contributed by atoms with E-state index in [2.05, 4.69) is 5.32 Å². The van der Waals surface area contributed by atoms with Crippen molar-refractivity contribution in [1.29, 1.82) is 5.26 Å². The zero-order valence-electron chi connectivity index (χ0n) is 10.3. The molecule has 0 aliphatic rings. The van der Waals surface area contributed by atoms with E-state index in [1.165, 1.54) is 6.07 Å². The quantitative estimate of drug-likeness (QED) is 0.835. The first-order valence-corrected chi connectivity index (χ1v) is 5.91. The summed E-state index contributed by atoms with van der Waals surface area (Å²) in [7, 11) is 0. The molecule has 0 aromatic heterocycles. The number of nitriles is 1. The van der Waals surface area contributed by atoms with Crippen LogP contribution in [0.5, 0.6) is 5.75 Å². The largest absolute Gasteiger partial charge is 0.492 e. The Morgan fingerprint density at radius 1 is 1.11 bits per heavy atom. The molecule has 4 heteroatoms. The molecule has 19 heavy (non-hydrogen) atoms. The first-order valence-electron chi connectivity index (χ1n) is 5.91. The number of anilines is 1. The zero-order chi connectivity index (χ0) is 13.5. The predicted molar refractivity (Wildman–Crippen MR) is 71.5 cm³/mol. The summed E-state index contributed by atoms with van der Waals surface area (Å²) in [6.07, 6.45) is 0.